The Labute approximate surface area is 150 Å². The zero-order valence-corrected chi connectivity index (χ0v) is 14.4. The summed E-state index contributed by atoms with van der Waals surface area (Å²) in [4.78, 5) is 12.5. The molecule has 0 saturated carbocycles. The van der Waals surface area contributed by atoms with E-state index in [1.54, 1.807) is 23.7 Å². The predicted molar refractivity (Wildman–Crippen MR) is 96.2 cm³/mol. The second kappa shape index (κ2) is 6.71. The van der Waals surface area contributed by atoms with E-state index in [0.717, 1.165) is 17.0 Å². The van der Waals surface area contributed by atoms with Crippen LogP contribution >= 0.6 is 0 Å². The number of amides is 1. The van der Waals surface area contributed by atoms with Crippen molar-refractivity contribution >= 4 is 16.8 Å². The van der Waals surface area contributed by atoms with Crippen molar-refractivity contribution in [2.75, 3.05) is 13.2 Å². The minimum Gasteiger partial charge on any atom is -0.486 e. The third-order valence-corrected chi connectivity index (χ3v) is 4.56. The van der Waals surface area contributed by atoms with Crippen LogP contribution in [0.2, 0.25) is 0 Å². The summed E-state index contributed by atoms with van der Waals surface area (Å²) < 4.78 is 26.7. The number of aromatic nitrogens is 1. The summed E-state index contributed by atoms with van der Waals surface area (Å²) in [7, 11) is 1.80. The molecule has 1 aliphatic heterocycles. The highest BCUT2D eigenvalue weighted by Crippen LogP contribution is 2.31. The Bertz CT molecular complexity index is 967. The molecule has 0 bridgehead atoms. The number of benzene rings is 2. The van der Waals surface area contributed by atoms with E-state index in [0.29, 0.717) is 30.7 Å². The molecule has 2 heterocycles. The van der Waals surface area contributed by atoms with E-state index in [1.807, 2.05) is 24.3 Å². The van der Waals surface area contributed by atoms with E-state index < -0.39 is 0 Å². The fourth-order valence-electron chi connectivity index (χ4n) is 3.18. The molecule has 1 amide bonds. The van der Waals surface area contributed by atoms with Crippen molar-refractivity contribution in [2.45, 2.75) is 12.5 Å². The van der Waals surface area contributed by atoms with Gasteiger partial charge in [0.1, 0.15) is 24.2 Å². The molecule has 1 aliphatic rings. The van der Waals surface area contributed by atoms with Gasteiger partial charge in [-0.3, -0.25) is 4.79 Å². The molecule has 0 saturated heterocycles. The van der Waals surface area contributed by atoms with Crippen LogP contribution < -0.4 is 14.8 Å². The van der Waals surface area contributed by atoms with Crippen LogP contribution in [0.15, 0.2) is 48.5 Å². The number of nitrogens with one attached hydrogen (secondary N) is 1. The van der Waals surface area contributed by atoms with Crippen LogP contribution in [-0.2, 0) is 7.05 Å². The van der Waals surface area contributed by atoms with E-state index in [4.69, 9.17) is 9.47 Å². The number of hydrogen-bond donors (Lipinski definition) is 1. The number of carbonyl (C=O) groups excluding carboxylic acids is 1. The zero-order chi connectivity index (χ0) is 18.1. The standard InChI is InChI=1S/C20H19FN2O3/c1-23-16-7-6-14(21)10-13(16)11-17(23)20(24)22-9-8-15-12-25-18-4-2-3-5-19(18)26-15/h2-7,10-11,15H,8-9,12H2,1H3,(H,22,24). The summed E-state index contributed by atoms with van der Waals surface area (Å²) in [5, 5.41) is 3.60. The van der Waals surface area contributed by atoms with Crippen molar-refractivity contribution in [2.24, 2.45) is 7.05 Å². The smallest absolute Gasteiger partial charge is 0.267 e. The van der Waals surface area contributed by atoms with Crippen LogP contribution in [0.25, 0.3) is 10.9 Å². The molecule has 0 fully saturated rings. The maximum Gasteiger partial charge on any atom is 0.267 e. The number of para-hydroxylation sites is 2. The maximum atomic E-state index is 13.4. The highest BCUT2D eigenvalue weighted by atomic mass is 19.1. The number of nitrogens with zero attached hydrogens (tertiary/aromatic N) is 1. The van der Waals surface area contributed by atoms with Gasteiger partial charge in [0.25, 0.3) is 5.91 Å². The van der Waals surface area contributed by atoms with E-state index >= 15 is 0 Å². The molecular formula is C20H19FN2O3. The van der Waals surface area contributed by atoms with Crippen LogP contribution in [0.5, 0.6) is 11.5 Å². The molecule has 26 heavy (non-hydrogen) atoms. The van der Waals surface area contributed by atoms with Gasteiger partial charge in [0.15, 0.2) is 11.5 Å². The van der Waals surface area contributed by atoms with Crippen molar-refractivity contribution < 1.29 is 18.7 Å². The molecule has 5 nitrogen and oxygen atoms in total. The van der Waals surface area contributed by atoms with Crippen LogP contribution in [0.3, 0.4) is 0 Å². The first-order valence-corrected chi connectivity index (χ1v) is 8.53. The maximum absolute atomic E-state index is 13.4. The Kier molecular flexibility index (Phi) is 4.24. The molecular weight excluding hydrogens is 335 g/mol. The minimum atomic E-state index is -0.315. The first kappa shape index (κ1) is 16.4. The largest absolute Gasteiger partial charge is 0.486 e. The number of hydrogen-bond acceptors (Lipinski definition) is 3. The van der Waals surface area contributed by atoms with Gasteiger partial charge in [-0.1, -0.05) is 12.1 Å². The lowest BCUT2D eigenvalue weighted by Gasteiger charge is -2.26. The topological polar surface area (TPSA) is 52.5 Å². The number of halogens is 1. The van der Waals surface area contributed by atoms with Gasteiger partial charge in [-0.2, -0.15) is 0 Å². The molecule has 3 aromatic rings. The van der Waals surface area contributed by atoms with Crippen molar-refractivity contribution in [3.8, 4) is 11.5 Å². The molecule has 1 N–H and O–H groups in total. The van der Waals surface area contributed by atoms with Crippen LogP contribution in [0, 0.1) is 5.82 Å². The Morgan fingerprint density at radius 1 is 1.23 bits per heavy atom. The Morgan fingerprint density at radius 2 is 2.04 bits per heavy atom. The summed E-state index contributed by atoms with van der Waals surface area (Å²) in [6.45, 7) is 0.922. The minimum absolute atomic E-state index is 0.105. The summed E-state index contributed by atoms with van der Waals surface area (Å²) in [6, 6.07) is 13.7. The second-order valence-electron chi connectivity index (χ2n) is 6.33. The lowest BCUT2D eigenvalue weighted by Crippen LogP contribution is -2.34. The zero-order valence-electron chi connectivity index (χ0n) is 14.4. The quantitative estimate of drug-likeness (QED) is 0.782. The third kappa shape index (κ3) is 3.10. The molecule has 0 radical (unpaired) electrons. The number of aryl methyl sites for hydroxylation is 1. The van der Waals surface area contributed by atoms with Crippen molar-refractivity contribution in [3.05, 3.63) is 60.0 Å². The lowest BCUT2D eigenvalue weighted by atomic mass is 10.2. The third-order valence-electron chi connectivity index (χ3n) is 4.56. The van der Waals surface area contributed by atoms with Crippen LogP contribution in [0.1, 0.15) is 16.9 Å². The molecule has 2 aromatic carbocycles. The first-order chi connectivity index (χ1) is 12.6. The molecule has 1 aromatic heterocycles. The number of rotatable bonds is 4. The summed E-state index contributed by atoms with van der Waals surface area (Å²) in [5.74, 6) is 0.965. The number of fused-ring (bicyclic) bond motifs is 2. The van der Waals surface area contributed by atoms with Gasteiger partial charge in [0.05, 0.1) is 0 Å². The van der Waals surface area contributed by atoms with Gasteiger partial charge in [0, 0.05) is 30.9 Å². The van der Waals surface area contributed by atoms with Gasteiger partial charge in [-0.25, -0.2) is 4.39 Å². The Morgan fingerprint density at radius 3 is 2.88 bits per heavy atom. The highest BCUT2D eigenvalue weighted by molar-refractivity contribution is 5.98. The highest BCUT2D eigenvalue weighted by Gasteiger charge is 2.21. The van der Waals surface area contributed by atoms with E-state index in [9.17, 15) is 9.18 Å². The molecule has 134 valence electrons. The normalized spacial score (nSPS) is 15.8. The first-order valence-electron chi connectivity index (χ1n) is 8.53. The lowest BCUT2D eigenvalue weighted by molar-refractivity contribution is 0.0810. The molecule has 1 unspecified atom stereocenters. The fourth-order valence-corrected chi connectivity index (χ4v) is 3.18. The van der Waals surface area contributed by atoms with Gasteiger partial charge in [-0.15, -0.1) is 0 Å². The summed E-state index contributed by atoms with van der Waals surface area (Å²) >= 11 is 0. The van der Waals surface area contributed by atoms with E-state index in [2.05, 4.69) is 5.32 Å². The predicted octanol–water partition coefficient (Wildman–Crippen LogP) is 3.28. The van der Waals surface area contributed by atoms with Crippen molar-refractivity contribution in [3.63, 3.8) is 0 Å². The number of ether oxygens (including phenoxy) is 2. The fraction of sp³-hybridized carbons (Fsp3) is 0.250. The molecule has 0 aliphatic carbocycles. The van der Waals surface area contributed by atoms with Gasteiger partial charge in [-0.05, 0) is 36.4 Å². The van der Waals surface area contributed by atoms with Crippen LogP contribution in [-0.4, -0.2) is 29.7 Å². The number of carbonyl (C=O) groups is 1. The van der Waals surface area contributed by atoms with Crippen molar-refractivity contribution in [1.82, 2.24) is 9.88 Å². The van der Waals surface area contributed by atoms with E-state index in [1.165, 1.54) is 12.1 Å². The molecule has 6 heteroatoms. The average molecular weight is 354 g/mol. The summed E-state index contributed by atoms with van der Waals surface area (Å²) in [6.07, 6.45) is 0.533. The van der Waals surface area contributed by atoms with Gasteiger partial charge >= 0.3 is 0 Å². The SMILES string of the molecule is Cn1c(C(=O)NCCC2COc3ccccc3O2)cc2cc(F)ccc21. The van der Waals surface area contributed by atoms with E-state index in [-0.39, 0.29) is 17.8 Å². The Balaban J connectivity index is 1.37. The van der Waals surface area contributed by atoms with Crippen molar-refractivity contribution in [1.29, 1.82) is 0 Å². The van der Waals surface area contributed by atoms with Gasteiger partial charge < -0.3 is 19.4 Å². The average Bonchev–Trinajstić information content (AvgIpc) is 2.97. The summed E-state index contributed by atoms with van der Waals surface area (Å²) in [5.41, 5.74) is 1.31. The van der Waals surface area contributed by atoms with Gasteiger partial charge in [0.2, 0.25) is 0 Å². The van der Waals surface area contributed by atoms with Crippen LogP contribution in [0.4, 0.5) is 4.39 Å². The molecule has 4 rings (SSSR count). The molecule has 1 atom stereocenters. The second-order valence-corrected chi connectivity index (χ2v) is 6.33. The Hall–Kier alpha value is -3.02. The monoisotopic (exact) mass is 354 g/mol. The molecule has 0 spiro atoms.